The van der Waals surface area contributed by atoms with Crippen LogP contribution in [0.25, 0.3) is 0 Å². The van der Waals surface area contributed by atoms with E-state index in [4.69, 9.17) is 28.9 Å². The number of nitrogens with one attached hydrogen (secondary N) is 1. The molecule has 0 saturated carbocycles. The minimum atomic E-state index is -0.0616. The van der Waals surface area contributed by atoms with E-state index in [1.807, 2.05) is 11.0 Å². The van der Waals surface area contributed by atoms with Gasteiger partial charge in [-0.05, 0) is 43.4 Å². The van der Waals surface area contributed by atoms with E-state index in [2.05, 4.69) is 5.32 Å². The Balaban J connectivity index is 1.89. The Bertz CT molecular complexity index is 610. The first-order valence-electron chi connectivity index (χ1n) is 8.71. The van der Waals surface area contributed by atoms with Gasteiger partial charge in [-0.2, -0.15) is 0 Å². The van der Waals surface area contributed by atoms with Crippen LogP contribution in [0.15, 0.2) is 18.2 Å². The lowest BCUT2D eigenvalue weighted by Gasteiger charge is -2.36. The van der Waals surface area contributed by atoms with Crippen molar-refractivity contribution < 1.29 is 9.59 Å². The van der Waals surface area contributed by atoms with Crippen LogP contribution in [0.1, 0.15) is 37.7 Å². The van der Waals surface area contributed by atoms with Crippen molar-refractivity contribution in [3.05, 3.63) is 33.8 Å². The molecule has 7 heteroatoms. The molecule has 2 rings (SSSR count). The van der Waals surface area contributed by atoms with Crippen molar-refractivity contribution in [2.24, 2.45) is 5.73 Å². The summed E-state index contributed by atoms with van der Waals surface area (Å²) < 4.78 is 0. The second-order valence-corrected chi connectivity index (χ2v) is 7.16. The summed E-state index contributed by atoms with van der Waals surface area (Å²) >= 11 is 12.1. The minimum Gasteiger partial charge on any atom is -0.354 e. The summed E-state index contributed by atoms with van der Waals surface area (Å²) in [5, 5.41) is 4.05. The van der Waals surface area contributed by atoms with E-state index in [-0.39, 0.29) is 17.9 Å². The Kier molecular flexibility index (Phi) is 8.00. The monoisotopic (exact) mass is 385 g/mol. The third-order valence-electron chi connectivity index (χ3n) is 4.48. The molecule has 1 heterocycles. The standard InChI is InChI=1S/C18H25Cl2N3O2/c19-14-6-4-13(16(20)11-14)5-7-18(25)23-10-2-1-3-15(23)12-22-17(24)8-9-21/h4,6,11,15H,1-3,5,7-10,12,21H2,(H,22,24). The molecule has 25 heavy (non-hydrogen) atoms. The third kappa shape index (κ3) is 6.17. The zero-order valence-corrected chi connectivity index (χ0v) is 15.8. The van der Waals surface area contributed by atoms with Gasteiger partial charge in [0.25, 0.3) is 0 Å². The predicted molar refractivity (Wildman–Crippen MR) is 101 cm³/mol. The fourth-order valence-electron chi connectivity index (χ4n) is 3.10. The van der Waals surface area contributed by atoms with E-state index in [9.17, 15) is 9.59 Å². The Labute approximate surface area is 158 Å². The predicted octanol–water partition coefficient (Wildman–Crippen LogP) is 2.77. The fraction of sp³-hybridized carbons (Fsp3) is 0.556. The molecule has 2 amide bonds. The molecule has 1 fully saturated rings. The Morgan fingerprint density at radius 1 is 1.24 bits per heavy atom. The van der Waals surface area contributed by atoms with Crippen molar-refractivity contribution in [3.63, 3.8) is 0 Å². The number of aryl methyl sites for hydroxylation is 1. The minimum absolute atomic E-state index is 0.0589. The van der Waals surface area contributed by atoms with Crippen molar-refractivity contribution >= 4 is 35.0 Å². The summed E-state index contributed by atoms with van der Waals surface area (Å²) in [6, 6.07) is 5.39. The van der Waals surface area contributed by atoms with Gasteiger partial charge in [0.2, 0.25) is 11.8 Å². The lowest BCUT2D eigenvalue weighted by Crippen LogP contribution is -2.49. The van der Waals surface area contributed by atoms with Gasteiger partial charge in [-0.3, -0.25) is 9.59 Å². The van der Waals surface area contributed by atoms with Crippen molar-refractivity contribution in [2.45, 2.75) is 44.6 Å². The number of carbonyl (C=O) groups is 2. The topological polar surface area (TPSA) is 75.4 Å². The maximum Gasteiger partial charge on any atom is 0.223 e. The second-order valence-electron chi connectivity index (χ2n) is 6.32. The van der Waals surface area contributed by atoms with Crippen LogP contribution >= 0.6 is 23.2 Å². The molecule has 0 aliphatic carbocycles. The molecule has 1 aliphatic rings. The summed E-state index contributed by atoms with van der Waals surface area (Å²) in [6.07, 6.45) is 4.28. The van der Waals surface area contributed by atoms with Crippen molar-refractivity contribution in [2.75, 3.05) is 19.6 Å². The first kappa shape index (κ1) is 20.0. The molecule has 0 aromatic heterocycles. The molecule has 138 valence electrons. The molecule has 1 saturated heterocycles. The van der Waals surface area contributed by atoms with Gasteiger partial charge in [-0.15, -0.1) is 0 Å². The summed E-state index contributed by atoms with van der Waals surface area (Å²) in [7, 11) is 0. The van der Waals surface area contributed by atoms with Crippen LogP contribution < -0.4 is 11.1 Å². The van der Waals surface area contributed by atoms with Gasteiger partial charge in [0.15, 0.2) is 0 Å². The van der Waals surface area contributed by atoms with E-state index in [0.29, 0.717) is 42.4 Å². The Hall–Kier alpha value is -1.30. The third-order valence-corrected chi connectivity index (χ3v) is 5.06. The number of halogens is 2. The number of hydrogen-bond acceptors (Lipinski definition) is 3. The van der Waals surface area contributed by atoms with Gasteiger partial charge in [-0.1, -0.05) is 29.3 Å². The van der Waals surface area contributed by atoms with Gasteiger partial charge in [0.05, 0.1) is 0 Å². The molecule has 1 aliphatic heterocycles. The smallest absolute Gasteiger partial charge is 0.223 e. The molecule has 0 spiro atoms. The Morgan fingerprint density at radius 2 is 2.04 bits per heavy atom. The maximum absolute atomic E-state index is 12.7. The number of likely N-dealkylation sites (tertiary alicyclic amines) is 1. The van der Waals surface area contributed by atoms with Crippen LogP contribution in [0.2, 0.25) is 10.0 Å². The number of piperidine rings is 1. The maximum atomic E-state index is 12.7. The highest BCUT2D eigenvalue weighted by Crippen LogP contribution is 2.23. The van der Waals surface area contributed by atoms with Crippen LogP contribution in [0.5, 0.6) is 0 Å². The molecule has 3 N–H and O–H groups in total. The molecule has 0 radical (unpaired) electrons. The number of carbonyl (C=O) groups excluding carboxylic acids is 2. The summed E-state index contributed by atoms with van der Waals surface area (Å²) in [5.41, 5.74) is 6.31. The zero-order chi connectivity index (χ0) is 18.2. The summed E-state index contributed by atoms with van der Waals surface area (Å²) in [5.74, 6) is 0.0391. The van der Waals surface area contributed by atoms with Gasteiger partial charge in [0.1, 0.15) is 0 Å². The van der Waals surface area contributed by atoms with E-state index in [0.717, 1.165) is 31.4 Å². The average molecular weight is 386 g/mol. The molecule has 1 atom stereocenters. The van der Waals surface area contributed by atoms with Crippen molar-refractivity contribution in [1.29, 1.82) is 0 Å². The quantitative estimate of drug-likeness (QED) is 0.757. The van der Waals surface area contributed by atoms with Crippen LogP contribution in [0.3, 0.4) is 0 Å². The van der Waals surface area contributed by atoms with E-state index >= 15 is 0 Å². The van der Waals surface area contributed by atoms with Crippen molar-refractivity contribution in [3.8, 4) is 0 Å². The lowest BCUT2D eigenvalue weighted by molar-refractivity contribution is -0.135. The molecule has 1 aromatic carbocycles. The number of benzene rings is 1. The molecular formula is C18H25Cl2N3O2. The summed E-state index contributed by atoms with van der Waals surface area (Å²) in [6.45, 7) is 1.57. The van der Waals surface area contributed by atoms with E-state index in [1.165, 1.54) is 0 Å². The highest BCUT2D eigenvalue weighted by Gasteiger charge is 2.26. The molecule has 1 aromatic rings. The van der Waals surface area contributed by atoms with Crippen LogP contribution in [0.4, 0.5) is 0 Å². The van der Waals surface area contributed by atoms with Gasteiger partial charge in [-0.25, -0.2) is 0 Å². The Morgan fingerprint density at radius 3 is 2.76 bits per heavy atom. The van der Waals surface area contributed by atoms with Gasteiger partial charge in [0, 0.05) is 48.6 Å². The number of rotatable bonds is 7. The first-order valence-corrected chi connectivity index (χ1v) is 9.47. The number of amides is 2. The lowest BCUT2D eigenvalue weighted by atomic mass is 10.0. The first-order chi connectivity index (χ1) is 12.0. The normalized spacial score (nSPS) is 17.4. The summed E-state index contributed by atoms with van der Waals surface area (Å²) in [4.78, 5) is 26.2. The average Bonchev–Trinajstić information content (AvgIpc) is 2.59. The van der Waals surface area contributed by atoms with Gasteiger partial charge >= 0.3 is 0 Å². The SMILES string of the molecule is NCCC(=O)NCC1CCCCN1C(=O)CCc1ccc(Cl)cc1Cl. The zero-order valence-electron chi connectivity index (χ0n) is 14.3. The molecule has 5 nitrogen and oxygen atoms in total. The van der Waals surface area contributed by atoms with E-state index in [1.54, 1.807) is 12.1 Å². The van der Waals surface area contributed by atoms with Crippen LogP contribution in [0, 0.1) is 0 Å². The second kappa shape index (κ2) is 10.00. The van der Waals surface area contributed by atoms with Crippen LogP contribution in [-0.2, 0) is 16.0 Å². The van der Waals surface area contributed by atoms with Crippen LogP contribution in [-0.4, -0.2) is 42.4 Å². The molecule has 1 unspecified atom stereocenters. The fourth-order valence-corrected chi connectivity index (χ4v) is 3.60. The largest absolute Gasteiger partial charge is 0.354 e. The van der Waals surface area contributed by atoms with Crippen molar-refractivity contribution in [1.82, 2.24) is 10.2 Å². The molecular weight excluding hydrogens is 361 g/mol. The van der Waals surface area contributed by atoms with E-state index < -0.39 is 0 Å². The highest BCUT2D eigenvalue weighted by molar-refractivity contribution is 6.35. The number of nitrogens with two attached hydrogens (primary N) is 1. The highest BCUT2D eigenvalue weighted by atomic mass is 35.5. The molecule has 0 bridgehead atoms. The number of nitrogens with zero attached hydrogens (tertiary/aromatic N) is 1. The number of hydrogen-bond donors (Lipinski definition) is 2. The van der Waals surface area contributed by atoms with Gasteiger partial charge < -0.3 is 16.0 Å².